The number of piperazine rings is 1. The lowest BCUT2D eigenvalue weighted by Crippen LogP contribution is -2.56. The topological polar surface area (TPSA) is 62.0 Å². The van der Waals surface area contributed by atoms with Gasteiger partial charge in [-0.15, -0.1) is 0 Å². The quantitative estimate of drug-likeness (QED) is 0.833. The molecule has 0 radical (unpaired) electrons. The molecule has 0 atom stereocenters. The summed E-state index contributed by atoms with van der Waals surface area (Å²) in [7, 11) is 0. The lowest BCUT2D eigenvalue weighted by molar-refractivity contribution is 0.0527. The van der Waals surface area contributed by atoms with Crippen LogP contribution in [0.15, 0.2) is 12.1 Å². The normalized spacial score (nSPS) is 21.2. The Labute approximate surface area is 139 Å². The van der Waals surface area contributed by atoms with Crippen LogP contribution < -0.4 is 15.4 Å². The molecular weight excluding hydrogens is 290 g/mol. The molecule has 23 heavy (non-hydrogen) atoms. The van der Waals surface area contributed by atoms with Crippen molar-refractivity contribution in [3.8, 4) is 5.75 Å². The highest BCUT2D eigenvalue weighted by molar-refractivity contribution is 5.72. The molecule has 0 saturated carbocycles. The van der Waals surface area contributed by atoms with Gasteiger partial charge in [0.05, 0.1) is 18.0 Å². The van der Waals surface area contributed by atoms with E-state index in [1.807, 2.05) is 0 Å². The number of nitrogens with two attached hydrogens (primary N) is 1. The summed E-state index contributed by atoms with van der Waals surface area (Å²) in [6.07, 6.45) is 0.908. The zero-order valence-corrected chi connectivity index (χ0v) is 14.7. The summed E-state index contributed by atoms with van der Waals surface area (Å²) in [5, 5.41) is 9.54. The molecule has 0 aliphatic carbocycles. The van der Waals surface area contributed by atoms with Gasteiger partial charge in [0.1, 0.15) is 11.4 Å². The van der Waals surface area contributed by atoms with Gasteiger partial charge in [0.2, 0.25) is 0 Å². The zero-order chi connectivity index (χ0) is 16.8. The number of benzene rings is 1. The maximum atomic E-state index is 9.54. The molecule has 2 aliphatic heterocycles. The second-order valence-electron chi connectivity index (χ2n) is 8.00. The van der Waals surface area contributed by atoms with Gasteiger partial charge in [-0.3, -0.25) is 4.90 Å². The van der Waals surface area contributed by atoms with E-state index in [0.717, 1.165) is 49.7 Å². The molecule has 1 aromatic carbocycles. The lowest BCUT2D eigenvalue weighted by Gasteiger charge is -2.44. The van der Waals surface area contributed by atoms with Crippen LogP contribution in [0, 0.1) is 0 Å². The molecular formula is C18H29N3O2. The van der Waals surface area contributed by atoms with Crippen molar-refractivity contribution in [3.63, 3.8) is 0 Å². The van der Waals surface area contributed by atoms with E-state index in [-0.39, 0.29) is 17.7 Å². The number of aliphatic hydroxyl groups excluding tert-OH is 1. The molecule has 1 aromatic rings. The minimum atomic E-state index is -0.164. The fourth-order valence-corrected chi connectivity index (χ4v) is 3.59. The maximum Gasteiger partial charge on any atom is 0.125 e. The van der Waals surface area contributed by atoms with E-state index in [4.69, 9.17) is 10.5 Å². The van der Waals surface area contributed by atoms with E-state index in [1.165, 1.54) is 5.56 Å². The molecule has 128 valence electrons. The molecule has 2 aliphatic rings. The summed E-state index contributed by atoms with van der Waals surface area (Å²) in [5.41, 5.74) is 9.11. The predicted molar refractivity (Wildman–Crippen MR) is 94.2 cm³/mol. The fourth-order valence-electron chi connectivity index (χ4n) is 3.59. The zero-order valence-electron chi connectivity index (χ0n) is 14.7. The third kappa shape index (κ3) is 3.12. The Balaban J connectivity index is 1.75. The van der Waals surface area contributed by atoms with Crippen molar-refractivity contribution in [1.29, 1.82) is 0 Å². The van der Waals surface area contributed by atoms with Gasteiger partial charge < -0.3 is 20.5 Å². The Morgan fingerprint density at radius 3 is 2.48 bits per heavy atom. The molecule has 0 bridgehead atoms. The van der Waals surface area contributed by atoms with E-state index in [0.29, 0.717) is 0 Å². The van der Waals surface area contributed by atoms with Crippen LogP contribution in [0.2, 0.25) is 0 Å². The number of fused-ring (bicyclic) bond motifs is 1. The Bertz CT molecular complexity index is 590. The third-order valence-corrected chi connectivity index (χ3v) is 5.08. The largest absolute Gasteiger partial charge is 0.487 e. The SMILES string of the molecule is CC1(C)Cc2cc(N)c(N3CCN(C(C)(C)CO)CC3)cc2O1. The van der Waals surface area contributed by atoms with Crippen LogP contribution in [0.25, 0.3) is 0 Å². The Morgan fingerprint density at radius 1 is 1.22 bits per heavy atom. The summed E-state index contributed by atoms with van der Waals surface area (Å²) in [6.45, 7) is 12.2. The molecule has 2 heterocycles. The summed E-state index contributed by atoms with van der Waals surface area (Å²) < 4.78 is 6.05. The maximum absolute atomic E-state index is 9.54. The van der Waals surface area contributed by atoms with Crippen LogP contribution in [0.5, 0.6) is 5.75 Å². The first-order valence-electron chi connectivity index (χ1n) is 8.44. The van der Waals surface area contributed by atoms with Crippen molar-refractivity contribution < 1.29 is 9.84 Å². The summed E-state index contributed by atoms with van der Waals surface area (Å²) >= 11 is 0. The van der Waals surface area contributed by atoms with Crippen molar-refractivity contribution in [2.45, 2.75) is 45.3 Å². The van der Waals surface area contributed by atoms with E-state index in [9.17, 15) is 5.11 Å². The summed E-state index contributed by atoms with van der Waals surface area (Å²) in [5.74, 6) is 0.970. The molecule has 1 saturated heterocycles. The van der Waals surface area contributed by atoms with Crippen LogP contribution in [0.1, 0.15) is 33.3 Å². The number of ether oxygens (including phenoxy) is 1. The average Bonchev–Trinajstić information content (AvgIpc) is 2.79. The number of hydrogen-bond acceptors (Lipinski definition) is 5. The van der Waals surface area contributed by atoms with Crippen molar-refractivity contribution in [1.82, 2.24) is 4.90 Å². The Morgan fingerprint density at radius 2 is 1.87 bits per heavy atom. The first-order valence-corrected chi connectivity index (χ1v) is 8.44. The second-order valence-corrected chi connectivity index (χ2v) is 8.00. The van der Waals surface area contributed by atoms with Gasteiger partial charge in [-0.1, -0.05) is 0 Å². The number of nitrogens with zero attached hydrogens (tertiary/aromatic N) is 2. The number of aliphatic hydroxyl groups is 1. The number of anilines is 2. The molecule has 5 heteroatoms. The Kier molecular flexibility index (Phi) is 3.97. The molecule has 0 amide bonds. The van der Waals surface area contributed by atoms with Crippen molar-refractivity contribution >= 4 is 11.4 Å². The van der Waals surface area contributed by atoms with Gasteiger partial charge in [-0.2, -0.15) is 0 Å². The third-order valence-electron chi connectivity index (χ3n) is 5.08. The molecule has 1 fully saturated rings. The van der Waals surface area contributed by atoms with Gasteiger partial charge in [-0.25, -0.2) is 0 Å². The van der Waals surface area contributed by atoms with Crippen LogP contribution in [0.3, 0.4) is 0 Å². The molecule has 5 nitrogen and oxygen atoms in total. The number of hydrogen-bond donors (Lipinski definition) is 2. The first-order chi connectivity index (χ1) is 10.7. The van der Waals surface area contributed by atoms with E-state index in [1.54, 1.807) is 0 Å². The average molecular weight is 319 g/mol. The summed E-state index contributed by atoms with van der Waals surface area (Å²) in [6, 6.07) is 4.18. The highest BCUT2D eigenvalue weighted by Crippen LogP contribution is 2.40. The van der Waals surface area contributed by atoms with Gasteiger partial charge in [0, 0.05) is 49.8 Å². The van der Waals surface area contributed by atoms with Crippen LogP contribution in [-0.4, -0.2) is 53.9 Å². The van der Waals surface area contributed by atoms with Gasteiger partial charge in [0.25, 0.3) is 0 Å². The highest BCUT2D eigenvalue weighted by Gasteiger charge is 2.33. The fraction of sp³-hybridized carbons (Fsp3) is 0.667. The second kappa shape index (κ2) is 5.56. The Hall–Kier alpha value is -1.46. The van der Waals surface area contributed by atoms with Crippen LogP contribution in [-0.2, 0) is 6.42 Å². The molecule has 0 spiro atoms. The smallest absolute Gasteiger partial charge is 0.125 e. The van der Waals surface area contributed by atoms with Crippen molar-refractivity contribution in [2.75, 3.05) is 43.4 Å². The summed E-state index contributed by atoms with van der Waals surface area (Å²) in [4.78, 5) is 4.67. The minimum absolute atomic E-state index is 0.142. The van der Waals surface area contributed by atoms with Gasteiger partial charge in [0.15, 0.2) is 0 Å². The van der Waals surface area contributed by atoms with Gasteiger partial charge >= 0.3 is 0 Å². The molecule has 3 N–H and O–H groups in total. The van der Waals surface area contributed by atoms with Crippen LogP contribution in [0.4, 0.5) is 11.4 Å². The van der Waals surface area contributed by atoms with Crippen molar-refractivity contribution in [2.24, 2.45) is 0 Å². The molecule has 0 unspecified atom stereocenters. The highest BCUT2D eigenvalue weighted by atomic mass is 16.5. The molecule has 3 rings (SSSR count). The first kappa shape index (κ1) is 16.4. The van der Waals surface area contributed by atoms with Crippen LogP contribution >= 0.6 is 0 Å². The number of nitrogen functional groups attached to an aromatic ring is 1. The lowest BCUT2D eigenvalue weighted by atomic mass is 10.0. The monoisotopic (exact) mass is 319 g/mol. The minimum Gasteiger partial charge on any atom is -0.487 e. The van der Waals surface area contributed by atoms with E-state index in [2.05, 4.69) is 49.6 Å². The van der Waals surface area contributed by atoms with Crippen molar-refractivity contribution in [3.05, 3.63) is 17.7 Å². The van der Waals surface area contributed by atoms with Gasteiger partial charge in [-0.05, 0) is 33.8 Å². The standard InChI is InChI=1S/C18H29N3O2/c1-17(2,12-22)21-7-5-20(6-8-21)15-10-16-13(9-14(15)19)11-18(3,4)23-16/h9-10,22H,5-8,11-12,19H2,1-4H3. The van der Waals surface area contributed by atoms with E-state index >= 15 is 0 Å². The predicted octanol–water partition coefficient (Wildman–Crippen LogP) is 1.88. The van der Waals surface area contributed by atoms with E-state index < -0.39 is 0 Å². The molecule has 0 aromatic heterocycles. The number of rotatable bonds is 3.